The van der Waals surface area contributed by atoms with Crippen LogP contribution in [0.5, 0.6) is 0 Å². The third-order valence-electron chi connectivity index (χ3n) is 7.63. The lowest BCUT2D eigenvalue weighted by molar-refractivity contribution is -0.130. The molecule has 2 aliphatic heterocycles. The third kappa shape index (κ3) is 5.07. The maximum Gasteiger partial charge on any atom is 0.265 e. The predicted octanol–water partition coefficient (Wildman–Crippen LogP) is 5.38. The van der Waals surface area contributed by atoms with Gasteiger partial charge < -0.3 is 4.90 Å². The Bertz CT molecular complexity index is 1240. The van der Waals surface area contributed by atoms with Crippen molar-refractivity contribution < 1.29 is 13.6 Å². The molecule has 0 atom stereocenters. The summed E-state index contributed by atoms with van der Waals surface area (Å²) in [5.41, 5.74) is 2.35. The van der Waals surface area contributed by atoms with E-state index in [2.05, 4.69) is 41.0 Å². The van der Waals surface area contributed by atoms with E-state index in [4.69, 9.17) is 4.99 Å². The molecule has 0 spiro atoms. The number of carbonyl (C=O) groups excluding carboxylic acids is 1. The van der Waals surface area contributed by atoms with Crippen LogP contribution in [0, 0.1) is 18.6 Å². The number of nitrogens with zero attached hydrogens (tertiary/aromatic N) is 4. The number of benzene rings is 3. The molecule has 0 unspecified atom stereocenters. The molecule has 2 aliphatic rings. The monoisotopic (exact) mass is 516 g/mol. The second-order valence-corrected chi connectivity index (χ2v) is 10.1. The van der Waals surface area contributed by atoms with E-state index in [0.29, 0.717) is 29.9 Å². The van der Waals surface area contributed by atoms with E-state index in [1.807, 2.05) is 6.92 Å². The highest BCUT2D eigenvalue weighted by Gasteiger charge is 2.50. The van der Waals surface area contributed by atoms with E-state index >= 15 is 0 Å². The highest BCUT2D eigenvalue weighted by atomic mass is 19.1. The van der Waals surface area contributed by atoms with Crippen molar-refractivity contribution >= 4 is 17.4 Å². The summed E-state index contributed by atoms with van der Waals surface area (Å²) in [6.45, 7) is 9.44. The number of anilines is 1. The summed E-state index contributed by atoms with van der Waals surface area (Å²) in [6.07, 6.45) is 1.41. The quantitative estimate of drug-likeness (QED) is 0.404. The van der Waals surface area contributed by atoms with Crippen LogP contribution in [-0.4, -0.2) is 60.8 Å². The number of carbonyl (C=O) groups is 1. The van der Waals surface area contributed by atoms with Gasteiger partial charge in [0, 0.05) is 44.8 Å². The maximum atomic E-state index is 14.1. The lowest BCUT2D eigenvalue weighted by Gasteiger charge is -2.36. The number of amides is 1. The van der Waals surface area contributed by atoms with Crippen molar-refractivity contribution in [3.8, 4) is 0 Å². The Labute approximate surface area is 223 Å². The number of rotatable bonds is 8. The highest BCUT2D eigenvalue weighted by Crippen LogP contribution is 2.41. The van der Waals surface area contributed by atoms with Crippen molar-refractivity contribution in [2.24, 2.45) is 4.99 Å². The molecule has 0 aliphatic carbocycles. The number of halogens is 2. The fourth-order valence-electron chi connectivity index (χ4n) is 5.48. The van der Waals surface area contributed by atoms with Crippen molar-refractivity contribution in [2.75, 3.05) is 44.2 Å². The van der Waals surface area contributed by atoms with Gasteiger partial charge in [-0.05, 0) is 67.4 Å². The lowest BCUT2D eigenvalue weighted by Crippen LogP contribution is -2.47. The van der Waals surface area contributed by atoms with Gasteiger partial charge in [-0.1, -0.05) is 48.9 Å². The van der Waals surface area contributed by atoms with Crippen LogP contribution in [0.1, 0.15) is 36.5 Å². The van der Waals surface area contributed by atoms with Crippen molar-refractivity contribution in [1.82, 2.24) is 9.80 Å². The van der Waals surface area contributed by atoms with Gasteiger partial charge in [0.15, 0.2) is 5.54 Å². The van der Waals surface area contributed by atoms with Gasteiger partial charge >= 0.3 is 0 Å². The molecule has 38 heavy (non-hydrogen) atoms. The molecule has 5 nitrogen and oxygen atoms in total. The van der Waals surface area contributed by atoms with E-state index in [1.54, 1.807) is 29.2 Å². The number of hydrogen-bond acceptors (Lipinski definition) is 4. The van der Waals surface area contributed by atoms with Gasteiger partial charge in [0.1, 0.15) is 17.5 Å². The normalized spacial score (nSPS) is 17.7. The number of aliphatic imine (C=N–C) groups is 1. The number of piperazine rings is 1. The molecule has 0 bridgehead atoms. The topological polar surface area (TPSA) is 39.2 Å². The molecular formula is C31H34F2N4O. The minimum absolute atomic E-state index is 0.170. The molecule has 2 heterocycles. The van der Waals surface area contributed by atoms with Crippen molar-refractivity contribution in [1.29, 1.82) is 0 Å². The number of aryl methyl sites for hydroxylation is 1. The molecule has 3 aromatic carbocycles. The first-order chi connectivity index (χ1) is 18.4. The summed E-state index contributed by atoms with van der Waals surface area (Å²) in [7, 11) is 0. The van der Waals surface area contributed by atoms with Crippen LogP contribution in [-0.2, 0) is 10.3 Å². The zero-order valence-corrected chi connectivity index (χ0v) is 22.0. The number of amidine groups is 1. The summed E-state index contributed by atoms with van der Waals surface area (Å²) >= 11 is 0. The number of hydrogen-bond donors (Lipinski definition) is 0. The molecule has 0 aromatic heterocycles. The van der Waals surface area contributed by atoms with Crippen LogP contribution >= 0.6 is 0 Å². The van der Waals surface area contributed by atoms with E-state index in [9.17, 15) is 13.6 Å². The molecule has 5 rings (SSSR count). The molecule has 1 saturated heterocycles. The first-order valence-electron chi connectivity index (χ1n) is 13.4. The van der Waals surface area contributed by atoms with Crippen molar-refractivity contribution in [3.63, 3.8) is 0 Å². The fraction of sp³-hybridized carbons (Fsp3) is 0.355. The summed E-state index contributed by atoms with van der Waals surface area (Å²) in [5.74, 6) is -0.232. The van der Waals surface area contributed by atoms with E-state index in [1.165, 1.54) is 35.5 Å². The smallest absolute Gasteiger partial charge is 0.265 e. The second kappa shape index (κ2) is 11.0. The minimum atomic E-state index is -1.34. The van der Waals surface area contributed by atoms with Crippen LogP contribution in [0.2, 0.25) is 0 Å². The van der Waals surface area contributed by atoms with Gasteiger partial charge in [0.25, 0.3) is 5.91 Å². The molecule has 1 fully saturated rings. The Morgan fingerprint density at radius 3 is 1.87 bits per heavy atom. The Morgan fingerprint density at radius 1 is 0.789 bits per heavy atom. The molecule has 1 amide bonds. The first-order valence-corrected chi connectivity index (χ1v) is 13.4. The Hall–Kier alpha value is -3.58. The molecule has 0 saturated carbocycles. The van der Waals surface area contributed by atoms with E-state index in [-0.39, 0.29) is 17.5 Å². The Morgan fingerprint density at radius 2 is 1.34 bits per heavy atom. The van der Waals surface area contributed by atoms with Crippen LogP contribution < -0.4 is 4.90 Å². The standard InChI is InChI=1S/C31H34F2N4O/c1-3-29-34-31(24-7-11-26(32)12-8-24,25-9-13-27(33)14-10-25)30(38)37(29)18-4-17-35-19-21-36(22-20-35)28-15-5-23(2)6-16-28/h5-16H,3-4,17-22H2,1-2H3. The average molecular weight is 517 g/mol. The van der Waals surface area contributed by atoms with Gasteiger partial charge in [0.2, 0.25) is 0 Å². The van der Waals surface area contributed by atoms with Crippen molar-refractivity contribution in [2.45, 2.75) is 32.2 Å². The Balaban J connectivity index is 1.28. The minimum Gasteiger partial charge on any atom is -0.369 e. The largest absolute Gasteiger partial charge is 0.369 e. The maximum absolute atomic E-state index is 14.1. The molecule has 7 heteroatoms. The summed E-state index contributed by atoms with van der Waals surface area (Å²) in [4.78, 5) is 25.7. The van der Waals surface area contributed by atoms with Gasteiger partial charge in [-0.3, -0.25) is 14.6 Å². The zero-order chi connectivity index (χ0) is 26.7. The first kappa shape index (κ1) is 26.0. The van der Waals surface area contributed by atoms with Gasteiger partial charge in [-0.15, -0.1) is 0 Å². The summed E-state index contributed by atoms with van der Waals surface area (Å²) in [6, 6.07) is 20.4. The highest BCUT2D eigenvalue weighted by molar-refractivity contribution is 6.10. The van der Waals surface area contributed by atoms with Gasteiger partial charge in [-0.2, -0.15) is 0 Å². The Kier molecular flexibility index (Phi) is 7.56. The van der Waals surface area contributed by atoms with Gasteiger partial charge in [0.05, 0.1) is 0 Å². The lowest BCUT2D eigenvalue weighted by atomic mass is 9.82. The molecule has 3 aromatic rings. The van der Waals surface area contributed by atoms with Crippen LogP contribution in [0.15, 0.2) is 77.8 Å². The average Bonchev–Trinajstić information content (AvgIpc) is 3.22. The second-order valence-electron chi connectivity index (χ2n) is 10.1. The predicted molar refractivity (Wildman–Crippen MR) is 147 cm³/mol. The summed E-state index contributed by atoms with van der Waals surface area (Å²) in [5, 5.41) is 0. The van der Waals surface area contributed by atoms with Crippen LogP contribution in [0.25, 0.3) is 0 Å². The third-order valence-corrected chi connectivity index (χ3v) is 7.63. The SMILES string of the molecule is CCC1=NC(c2ccc(F)cc2)(c2ccc(F)cc2)C(=O)N1CCCN1CCN(c2ccc(C)cc2)CC1. The van der Waals surface area contributed by atoms with E-state index in [0.717, 1.165) is 39.1 Å². The molecule has 198 valence electrons. The fourth-order valence-corrected chi connectivity index (χ4v) is 5.48. The molecule has 0 N–H and O–H groups in total. The zero-order valence-electron chi connectivity index (χ0n) is 22.0. The van der Waals surface area contributed by atoms with Crippen molar-refractivity contribution in [3.05, 3.63) is 101 Å². The molecular weight excluding hydrogens is 482 g/mol. The van der Waals surface area contributed by atoms with Crippen LogP contribution in [0.3, 0.4) is 0 Å². The molecule has 0 radical (unpaired) electrons. The summed E-state index contributed by atoms with van der Waals surface area (Å²) < 4.78 is 27.5. The van der Waals surface area contributed by atoms with Crippen LogP contribution in [0.4, 0.5) is 14.5 Å². The van der Waals surface area contributed by atoms with Gasteiger partial charge in [-0.25, -0.2) is 13.8 Å². The van der Waals surface area contributed by atoms with E-state index < -0.39 is 5.54 Å².